The lowest BCUT2D eigenvalue weighted by Gasteiger charge is -2.10. The van der Waals surface area contributed by atoms with Gasteiger partial charge in [-0.2, -0.15) is 0 Å². The van der Waals surface area contributed by atoms with Crippen LogP contribution in [0.25, 0.3) is 0 Å². The molecule has 4 heteroatoms. The second-order valence-electron chi connectivity index (χ2n) is 3.72. The number of hydrogen-bond acceptors (Lipinski definition) is 2. The second kappa shape index (κ2) is 6.29. The summed E-state index contributed by atoms with van der Waals surface area (Å²) in [5.41, 5.74) is 0. The summed E-state index contributed by atoms with van der Waals surface area (Å²) in [5.74, 6) is -0.0182. The number of hydrogen-bond donors (Lipinski definition) is 1. The van der Waals surface area contributed by atoms with E-state index >= 15 is 0 Å². The molecular weight excluding hydrogens is 180 g/mol. The Hall–Kier alpha value is -1.19. The average Bonchev–Trinajstić information content (AvgIpc) is 2.13. The SMILES string of the molecule is C=NC(=O)[C@H](C)NC(=O)CCC(C)C. The van der Waals surface area contributed by atoms with Crippen LogP contribution in [0.1, 0.15) is 33.6 Å². The fraction of sp³-hybridized carbons (Fsp3) is 0.700. The number of rotatable bonds is 5. The first-order valence-electron chi connectivity index (χ1n) is 4.77. The van der Waals surface area contributed by atoms with Gasteiger partial charge in [0.1, 0.15) is 6.04 Å². The van der Waals surface area contributed by atoms with Crippen molar-refractivity contribution in [2.75, 3.05) is 0 Å². The van der Waals surface area contributed by atoms with E-state index in [0.717, 1.165) is 6.42 Å². The van der Waals surface area contributed by atoms with Crippen molar-refractivity contribution in [3.05, 3.63) is 0 Å². The number of carbonyl (C=O) groups is 2. The van der Waals surface area contributed by atoms with E-state index in [0.29, 0.717) is 12.3 Å². The maximum atomic E-state index is 11.3. The summed E-state index contributed by atoms with van der Waals surface area (Å²) in [7, 11) is 0. The van der Waals surface area contributed by atoms with Crippen LogP contribution in [0, 0.1) is 5.92 Å². The van der Waals surface area contributed by atoms with E-state index in [1.165, 1.54) is 0 Å². The molecule has 0 saturated carbocycles. The lowest BCUT2D eigenvalue weighted by molar-refractivity contribution is -0.127. The molecule has 0 spiro atoms. The third kappa shape index (κ3) is 5.45. The van der Waals surface area contributed by atoms with Crippen molar-refractivity contribution in [2.45, 2.75) is 39.7 Å². The number of amides is 2. The Labute approximate surface area is 84.8 Å². The highest BCUT2D eigenvalue weighted by Gasteiger charge is 2.13. The Kier molecular flexibility index (Phi) is 5.76. The number of carbonyl (C=O) groups excluding carboxylic acids is 2. The van der Waals surface area contributed by atoms with Crippen LogP contribution in [-0.4, -0.2) is 24.6 Å². The van der Waals surface area contributed by atoms with E-state index in [1.54, 1.807) is 6.92 Å². The van der Waals surface area contributed by atoms with Crippen molar-refractivity contribution in [3.63, 3.8) is 0 Å². The summed E-state index contributed by atoms with van der Waals surface area (Å²) in [6.45, 7) is 8.81. The van der Waals surface area contributed by atoms with Gasteiger partial charge in [-0.25, -0.2) is 4.99 Å². The molecule has 0 fully saturated rings. The normalized spacial score (nSPS) is 12.3. The highest BCUT2D eigenvalue weighted by Crippen LogP contribution is 2.03. The molecule has 80 valence electrons. The minimum atomic E-state index is -0.563. The smallest absolute Gasteiger partial charge is 0.267 e. The van der Waals surface area contributed by atoms with Crippen molar-refractivity contribution in [3.8, 4) is 0 Å². The Morgan fingerprint density at radius 2 is 1.93 bits per heavy atom. The molecule has 0 aromatic rings. The zero-order valence-corrected chi connectivity index (χ0v) is 9.04. The Morgan fingerprint density at radius 1 is 1.36 bits per heavy atom. The molecular formula is C10H18N2O2. The van der Waals surface area contributed by atoms with Gasteiger partial charge >= 0.3 is 0 Å². The zero-order chi connectivity index (χ0) is 11.1. The highest BCUT2D eigenvalue weighted by atomic mass is 16.2. The van der Waals surface area contributed by atoms with Crippen molar-refractivity contribution < 1.29 is 9.59 Å². The molecule has 0 bridgehead atoms. The third-order valence-corrected chi connectivity index (χ3v) is 1.85. The lowest BCUT2D eigenvalue weighted by atomic mass is 10.1. The number of nitrogens with one attached hydrogen (secondary N) is 1. The van der Waals surface area contributed by atoms with Crippen LogP contribution in [0.5, 0.6) is 0 Å². The third-order valence-electron chi connectivity index (χ3n) is 1.85. The molecule has 0 rings (SSSR count). The van der Waals surface area contributed by atoms with E-state index in [1.807, 2.05) is 13.8 Å². The maximum absolute atomic E-state index is 11.3. The molecule has 2 amide bonds. The fourth-order valence-electron chi connectivity index (χ4n) is 0.932. The topological polar surface area (TPSA) is 58.5 Å². The molecule has 14 heavy (non-hydrogen) atoms. The standard InChI is InChI=1S/C10H18N2O2/c1-7(2)5-6-9(13)12-8(3)10(14)11-4/h7-8H,4-6H2,1-3H3,(H,12,13)/t8-/m0/s1. The Bertz CT molecular complexity index is 224. The van der Waals surface area contributed by atoms with Crippen molar-refractivity contribution in [2.24, 2.45) is 10.9 Å². The van der Waals surface area contributed by atoms with Gasteiger partial charge in [0.2, 0.25) is 5.91 Å². The molecule has 0 aliphatic carbocycles. The summed E-state index contributed by atoms with van der Waals surface area (Å²) in [6, 6.07) is -0.563. The van der Waals surface area contributed by atoms with Gasteiger partial charge in [0.05, 0.1) is 0 Å². The first-order valence-corrected chi connectivity index (χ1v) is 4.77. The largest absolute Gasteiger partial charge is 0.345 e. The van der Waals surface area contributed by atoms with Gasteiger partial charge in [0.15, 0.2) is 0 Å². The van der Waals surface area contributed by atoms with Crippen LogP contribution in [0.4, 0.5) is 0 Å². The van der Waals surface area contributed by atoms with Crippen LogP contribution >= 0.6 is 0 Å². The van der Waals surface area contributed by atoms with Gasteiger partial charge in [0.25, 0.3) is 5.91 Å². The molecule has 0 aliphatic heterocycles. The molecule has 0 radical (unpaired) electrons. The van der Waals surface area contributed by atoms with E-state index in [-0.39, 0.29) is 5.91 Å². The Balaban J connectivity index is 3.82. The maximum Gasteiger partial charge on any atom is 0.267 e. The first-order chi connectivity index (χ1) is 6.47. The molecule has 0 saturated heterocycles. The zero-order valence-electron chi connectivity index (χ0n) is 9.04. The van der Waals surface area contributed by atoms with E-state index in [2.05, 4.69) is 17.0 Å². The van der Waals surface area contributed by atoms with E-state index in [4.69, 9.17) is 0 Å². The molecule has 0 aromatic carbocycles. The highest BCUT2D eigenvalue weighted by molar-refractivity contribution is 5.89. The molecule has 1 atom stereocenters. The van der Waals surface area contributed by atoms with Crippen LogP contribution in [-0.2, 0) is 9.59 Å². The summed E-state index contributed by atoms with van der Waals surface area (Å²) in [5, 5.41) is 2.56. The quantitative estimate of drug-likeness (QED) is 0.674. The second-order valence-corrected chi connectivity index (χ2v) is 3.72. The molecule has 0 aromatic heterocycles. The monoisotopic (exact) mass is 198 g/mol. The lowest BCUT2D eigenvalue weighted by Crippen LogP contribution is -2.37. The fourth-order valence-corrected chi connectivity index (χ4v) is 0.932. The molecule has 4 nitrogen and oxygen atoms in total. The molecule has 0 aliphatic rings. The molecule has 0 unspecified atom stereocenters. The summed E-state index contributed by atoms with van der Waals surface area (Å²) in [4.78, 5) is 25.4. The average molecular weight is 198 g/mol. The van der Waals surface area contributed by atoms with Gasteiger partial charge < -0.3 is 5.32 Å². The van der Waals surface area contributed by atoms with Gasteiger partial charge in [-0.05, 0) is 26.0 Å². The summed E-state index contributed by atoms with van der Waals surface area (Å²) in [6.07, 6.45) is 1.28. The predicted molar refractivity (Wildman–Crippen MR) is 56.2 cm³/mol. The molecule has 1 N–H and O–H groups in total. The van der Waals surface area contributed by atoms with Crippen LogP contribution < -0.4 is 5.32 Å². The van der Waals surface area contributed by atoms with Crippen molar-refractivity contribution in [1.82, 2.24) is 5.32 Å². The van der Waals surface area contributed by atoms with Crippen LogP contribution in [0.2, 0.25) is 0 Å². The number of aliphatic imine (C=N–C) groups is 1. The summed E-state index contributed by atoms with van der Waals surface area (Å²) >= 11 is 0. The van der Waals surface area contributed by atoms with Crippen LogP contribution in [0.15, 0.2) is 4.99 Å². The summed E-state index contributed by atoms with van der Waals surface area (Å²) < 4.78 is 0. The number of nitrogens with zero attached hydrogens (tertiary/aromatic N) is 1. The van der Waals surface area contributed by atoms with Crippen molar-refractivity contribution >= 4 is 18.5 Å². The molecule has 0 heterocycles. The van der Waals surface area contributed by atoms with E-state index < -0.39 is 11.9 Å². The Morgan fingerprint density at radius 3 is 2.36 bits per heavy atom. The van der Waals surface area contributed by atoms with E-state index in [9.17, 15) is 9.59 Å². The van der Waals surface area contributed by atoms with Gasteiger partial charge in [-0.1, -0.05) is 13.8 Å². The van der Waals surface area contributed by atoms with Crippen molar-refractivity contribution in [1.29, 1.82) is 0 Å². The predicted octanol–water partition coefficient (Wildman–Crippen LogP) is 1.15. The minimum absolute atomic E-state index is 0.108. The van der Waals surface area contributed by atoms with Gasteiger partial charge in [-0.15, -0.1) is 0 Å². The first kappa shape index (κ1) is 12.8. The van der Waals surface area contributed by atoms with Gasteiger partial charge in [0, 0.05) is 6.42 Å². The minimum Gasteiger partial charge on any atom is -0.345 e. The van der Waals surface area contributed by atoms with Gasteiger partial charge in [-0.3, -0.25) is 9.59 Å². The van der Waals surface area contributed by atoms with Crippen LogP contribution in [0.3, 0.4) is 0 Å².